The number of nitrogens with zero attached hydrogens (tertiary/aromatic N) is 1. The number of ether oxygens (including phenoxy) is 3. The van der Waals surface area contributed by atoms with E-state index in [1.807, 2.05) is 30.3 Å². The molecule has 0 radical (unpaired) electrons. The molecule has 2 rings (SSSR count). The van der Waals surface area contributed by atoms with Crippen LogP contribution in [-0.4, -0.2) is 33.0 Å². The van der Waals surface area contributed by atoms with Crippen molar-refractivity contribution in [1.82, 2.24) is 0 Å². The van der Waals surface area contributed by atoms with Crippen LogP contribution in [0.15, 0.2) is 53.5 Å². The Bertz CT molecular complexity index is 676. The lowest BCUT2D eigenvalue weighted by molar-refractivity contribution is -0.143. The van der Waals surface area contributed by atoms with E-state index in [1.165, 1.54) is 0 Å². The molecule has 2 aromatic carbocycles. The minimum absolute atomic E-state index is 0.322. The van der Waals surface area contributed by atoms with Crippen molar-refractivity contribution in [3.63, 3.8) is 0 Å². The number of hydrogen-bond acceptors (Lipinski definition) is 5. The fourth-order valence-electron chi connectivity index (χ4n) is 2.20. The third kappa shape index (κ3) is 4.59. The van der Waals surface area contributed by atoms with E-state index in [1.54, 1.807) is 45.6 Å². The van der Waals surface area contributed by atoms with Gasteiger partial charge in [-0.2, -0.15) is 0 Å². The average molecular weight is 327 g/mol. The van der Waals surface area contributed by atoms with E-state index >= 15 is 0 Å². The van der Waals surface area contributed by atoms with Crippen molar-refractivity contribution >= 4 is 17.9 Å². The summed E-state index contributed by atoms with van der Waals surface area (Å²) in [5.41, 5.74) is 1.46. The Hall–Kier alpha value is -2.82. The maximum atomic E-state index is 12.2. The molecule has 0 amide bonds. The van der Waals surface area contributed by atoms with Crippen molar-refractivity contribution in [3.8, 4) is 11.5 Å². The van der Waals surface area contributed by atoms with E-state index in [4.69, 9.17) is 14.2 Å². The van der Waals surface area contributed by atoms with E-state index < -0.39 is 5.92 Å². The van der Waals surface area contributed by atoms with Gasteiger partial charge in [-0.15, -0.1) is 0 Å². The van der Waals surface area contributed by atoms with Crippen LogP contribution in [0.5, 0.6) is 11.5 Å². The summed E-state index contributed by atoms with van der Waals surface area (Å²) in [4.78, 5) is 16.7. The van der Waals surface area contributed by atoms with Gasteiger partial charge in [-0.25, -0.2) is 0 Å². The molecule has 0 aliphatic rings. The highest BCUT2D eigenvalue weighted by molar-refractivity contribution is 5.96. The topological polar surface area (TPSA) is 57.1 Å². The summed E-state index contributed by atoms with van der Waals surface area (Å²) >= 11 is 0. The Morgan fingerprint density at radius 3 is 2.25 bits per heavy atom. The van der Waals surface area contributed by atoms with E-state index in [-0.39, 0.29) is 5.97 Å². The molecule has 1 unspecified atom stereocenters. The van der Waals surface area contributed by atoms with E-state index in [2.05, 4.69) is 4.99 Å². The van der Waals surface area contributed by atoms with Crippen LogP contribution in [0.25, 0.3) is 0 Å². The molecule has 0 aliphatic carbocycles. The van der Waals surface area contributed by atoms with E-state index in [0.29, 0.717) is 23.8 Å². The minimum Gasteiger partial charge on any atom is -0.497 e. The van der Waals surface area contributed by atoms with Crippen LogP contribution < -0.4 is 9.47 Å². The van der Waals surface area contributed by atoms with Gasteiger partial charge in [-0.1, -0.05) is 30.3 Å². The first-order chi connectivity index (χ1) is 11.7. The highest BCUT2D eigenvalue weighted by Crippen LogP contribution is 2.28. The molecule has 0 saturated heterocycles. The van der Waals surface area contributed by atoms with Crippen molar-refractivity contribution in [3.05, 3.63) is 54.1 Å². The summed E-state index contributed by atoms with van der Waals surface area (Å²) in [6, 6.07) is 14.7. The molecule has 24 heavy (non-hydrogen) atoms. The number of methoxy groups -OCH3 is 2. The molecule has 0 aromatic heterocycles. The quantitative estimate of drug-likeness (QED) is 0.574. The molecule has 0 heterocycles. The molecule has 1 atom stereocenters. The second-order valence-electron chi connectivity index (χ2n) is 4.99. The first-order valence-electron chi connectivity index (χ1n) is 7.66. The molecular formula is C19H21NO4. The minimum atomic E-state index is -0.566. The van der Waals surface area contributed by atoms with Crippen LogP contribution in [0.3, 0.4) is 0 Å². The Morgan fingerprint density at radius 2 is 1.71 bits per heavy atom. The first-order valence-corrected chi connectivity index (χ1v) is 7.66. The second-order valence-corrected chi connectivity index (χ2v) is 4.99. The molecule has 5 nitrogen and oxygen atoms in total. The van der Waals surface area contributed by atoms with E-state index in [9.17, 15) is 4.79 Å². The molecule has 0 aliphatic heterocycles. The lowest BCUT2D eigenvalue weighted by Crippen LogP contribution is -2.17. The van der Waals surface area contributed by atoms with Crippen LogP contribution in [0.4, 0.5) is 5.69 Å². The van der Waals surface area contributed by atoms with Gasteiger partial charge in [0, 0.05) is 24.4 Å². The molecule has 2 aromatic rings. The van der Waals surface area contributed by atoms with Gasteiger partial charge < -0.3 is 14.2 Å². The lowest BCUT2D eigenvalue weighted by atomic mass is 10.0. The van der Waals surface area contributed by atoms with Crippen LogP contribution >= 0.6 is 0 Å². The summed E-state index contributed by atoms with van der Waals surface area (Å²) in [6.07, 6.45) is 1.58. The maximum absolute atomic E-state index is 12.2. The van der Waals surface area contributed by atoms with Crippen molar-refractivity contribution < 1.29 is 19.0 Å². The maximum Gasteiger partial charge on any atom is 0.318 e. The number of esters is 1. The van der Waals surface area contributed by atoms with Gasteiger partial charge in [0.1, 0.15) is 17.4 Å². The summed E-state index contributed by atoms with van der Waals surface area (Å²) in [6.45, 7) is 2.10. The molecule has 0 fully saturated rings. The molecule has 0 saturated carbocycles. The summed E-state index contributed by atoms with van der Waals surface area (Å²) < 4.78 is 15.6. The highest BCUT2D eigenvalue weighted by atomic mass is 16.5. The van der Waals surface area contributed by atoms with Crippen molar-refractivity contribution in [1.29, 1.82) is 0 Å². The smallest absolute Gasteiger partial charge is 0.318 e. The average Bonchev–Trinajstić information content (AvgIpc) is 2.62. The Kier molecular flexibility index (Phi) is 6.37. The van der Waals surface area contributed by atoms with Gasteiger partial charge in [0.15, 0.2) is 0 Å². The zero-order valence-corrected chi connectivity index (χ0v) is 14.1. The van der Waals surface area contributed by atoms with E-state index in [0.717, 1.165) is 5.56 Å². The monoisotopic (exact) mass is 327 g/mol. The number of rotatable bonds is 7. The fourth-order valence-corrected chi connectivity index (χ4v) is 2.20. The van der Waals surface area contributed by atoms with Crippen molar-refractivity contribution in [2.75, 3.05) is 20.8 Å². The first kappa shape index (κ1) is 17.5. The Morgan fingerprint density at radius 1 is 1.08 bits per heavy atom. The van der Waals surface area contributed by atoms with Crippen molar-refractivity contribution in [2.45, 2.75) is 12.8 Å². The molecular weight excluding hydrogens is 306 g/mol. The van der Waals surface area contributed by atoms with Gasteiger partial charge in [0.25, 0.3) is 0 Å². The number of carbonyl (C=O) groups excluding carboxylic acids is 1. The largest absolute Gasteiger partial charge is 0.497 e. The van der Waals surface area contributed by atoms with Gasteiger partial charge in [-0.05, 0) is 12.5 Å². The normalized spacial score (nSPS) is 12.0. The predicted molar refractivity (Wildman–Crippen MR) is 93.5 cm³/mol. The van der Waals surface area contributed by atoms with Crippen LogP contribution in [0.2, 0.25) is 0 Å². The zero-order valence-electron chi connectivity index (χ0n) is 14.1. The summed E-state index contributed by atoms with van der Waals surface area (Å²) in [5, 5.41) is 0. The molecule has 0 N–H and O–H groups in total. The molecule has 0 spiro atoms. The number of carbonyl (C=O) groups is 1. The number of benzene rings is 2. The van der Waals surface area contributed by atoms with Gasteiger partial charge in [0.2, 0.25) is 0 Å². The van der Waals surface area contributed by atoms with Crippen LogP contribution in [0.1, 0.15) is 18.4 Å². The standard InChI is InChI=1S/C19H21NO4/c1-4-24-19(21)18(14-8-6-5-7-9-14)13-20-15-10-16(22-2)12-17(11-15)23-3/h5-13,18H,4H2,1-3H3. The Labute approximate surface area is 141 Å². The molecule has 5 heteroatoms. The lowest BCUT2D eigenvalue weighted by Gasteiger charge is -2.11. The highest BCUT2D eigenvalue weighted by Gasteiger charge is 2.19. The Balaban J connectivity index is 2.32. The summed E-state index contributed by atoms with van der Waals surface area (Å²) in [5.74, 6) is 0.369. The van der Waals surface area contributed by atoms with Crippen LogP contribution in [-0.2, 0) is 9.53 Å². The summed E-state index contributed by atoms with van der Waals surface area (Å²) in [7, 11) is 3.15. The van der Waals surface area contributed by atoms with Gasteiger partial charge in [-0.3, -0.25) is 9.79 Å². The fraction of sp³-hybridized carbons (Fsp3) is 0.263. The zero-order chi connectivity index (χ0) is 17.4. The van der Waals surface area contributed by atoms with Crippen LogP contribution in [0, 0.1) is 0 Å². The SMILES string of the molecule is CCOC(=O)C(C=Nc1cc(OC)cc(OC)c1)c1ccccc1. The third-order valence-corrected chi connectivity index (χ3v) is 3.41. The number of aliphatic imine (C=N–C) groups is 1. The van der Waals surface area contributed by atoms with Gasteiger partial charge >= 0.3 is 5.97 Å². The molecule has 0 bridgehead atoms. The predicted octanol–water partition coefficient (Wildman–Crippen LogP) is 3.75. The van der Waals surface area contributed by atoms with Crippen molar-refractivity contribution in [2.24, 2.45) is 4.99 Å². The van der Waals surface area contributed by atoms with Gasteiger partial charge in [0.05, 0.1) is 26.5 Å². The second kappa shape index (κ2) is 8.72. The molecule has 126 valence electrons. The third-order valence-electron chi connectivity index (χ3n) is 3.41. The number of hydrogen-bond donors (Lipinski definition) is 0.